The molecule has 2 unspecified atom stereocenters. The van der Waals surface area contributed by atoms with Crippen LogP contribution in [-0.4, -0.2) is 29.0 Å². The van der Waals surface area contributed by atoms with Crippen LogP contribution in [0.1, 0.15) is 35.3 Å². The predicted molar refractivity (Wildman–Crippen MR) is 148 cm³/mol. The van der Waals surface area contributed by atoms with Crippen LogP contribution in [0.3, 0.4) is 0 Å². The first-order valence-corrected chi connectivity index (χ1v) is 12.6. The van der Waals surface area contributed by atoms with Gasteiger partial charge in [-0.25, -0.2) is 0 Å². The number of nitrogens with one attached hydrogen (secondary N) is 1. The third kappa shape index (κ3) is 7.78. The Bertz CT molecular complexity index is 1230. The second kappa shape index (κ2) is 13.4. The summed E-state index contributed by atoms with van der Waals surface area (Å²) in [6.07, 6.45) is 0.770. The van der Waals surface area contributed by atoms with Crippen molar-refractivity contribution in [3.8, 4) is 5.75 Å². The average molecular weight is 495 g/mol. The molecule has 0 spiro atoms. The lowest BCUT2D eigenvalue weighted by molar-refractivity contribution is -0.105. The van der Waals surface area contributed by atoms with E-state index in [1.165, 1.54) is 11.1 Å². The molecule has 4 aromatic carbocycles. The minimum absolute atomic E-state index is 0.207. The van der Waals surface area contributed by atoms with Crippen molar-refractivity contribution in [1.29, 1.82) is 0 Å². The lowest BCUT2D eigenvalue weighted by atomic mass is 10.0. The van der Waals surface area contributed by atoms with Gasteiger partial charge in [0.25, 0.3) is 0 Å². The van der Waals surface area contributed by atoms with Gasteiger partial charge in [0.15, 0.2) is 0 Å². The van der Waals surface area contributed by atoms with E-state index in [4.69, 9.17) is 4.74 Å². The highest BCUT2D eigenvalue weighted by Crippen LogP contribution is 2.30. The molecule has 0 aliphatic rings. The van der Waals surface area contributed by atoms with E-state index < -0.39 is 6.10 Å². The molecule has 1 amide bonds. The Hall–Kier alpha value is -3.93. The zero-order valence-corrected chi connectivity index (χ0v) is 21.2. The van der Waals surface area contributed by atoms with Crippen molar-refractivity contribution in [2.24, 2.45) is 0 Å². The molecule has 0 saturated heterocycles. The van der Waals surface area contributed by atoms with Gasteiger partial charge in [0.2, 0.25) is 6.41 Å². The van der Waals surface area contributed by atoms with Gasteiger partial charge in [0, 0.05) is 19.1 Å². The van der Waals surface area contributed by atoms with Crippen LogP contribution < -0.4 is 10.1 Å². The summed E-state index contributed by atoms with van der Waals surface area (Å²) >= 11 is 0. The highest BCUT2D eigenvalue weighted by molar-refractivity contribution is 5.76. The van der Waals surface area contributed by atoms with E-state index in [9.17, 15) is 9.90 Å². The molecule has 4 aromatic rings. The van der Waals surface area contributed by atoms with Gasteiger partial charge in [-0.2, -0.15) is 0 Å². The third-order valence-corrected chi connectivity index (χ3v) is 6.47. The number of amides is 1. The second-order valence-electron chi connectivity index (χ2n) is 9.26. The smallest absolute Gasteiger partial charge is 0.211 e. The standard InChI is InChI=1S/C32H34N2O3/c1-25(19-26-11-5-2-6-12-26)34(21-27-13-7-3-8-14-27)22-31(36)29-17-18-32(30(20-29)33-24-35)37-23-28-15-9-4-10-16-28/h2-18,20,24-25,31,36H,19,21-23H2,1H3,(H,33,35). The summed E-state index contributed by atoms with van der Waals surface area (Å²) in [5, 5.41) is 14.0. The van der Waals surface area contributed by atoms with Gasteiger partial charge in [-0.15, -0.1) is 0 Å². The van der Waals surface area contributed by atoms with E-state index in [-0.39, 0.29) is 6.04 Å². The van der Waals surface area contributed by atoms with Crippen molar-refractivity contribution in [2.45, 2.75) is 38.6 Å². The molecule has 2 atom stereocenters. The molecular weight excluding hydrogens is 460 g/mol. The summed E-state index contributed by atoms with van der Waals surface area (Å²) in [7, 11) is 0. The Kier molecular flexibility index (Phi) is 9.47. The van der Waals surface area contributed by atoms with Crippen LogP contribution in [0.5, 0.6) is 5.75 Å². The number of rotatable bonds is 13. The third-order valence-electron chi connectivity index (χ3n) is 6.47. The number of benzene rings is 4. The van der Waals surface area contributed by atoms with E-state index in [1.54, 1.807) is 6.07 Å². The summed E-state index contributed by atoms with van der Waals surface area (Å²) in [6, 6.07) is 36.3. The molecule has 0 fully saturated rings. The SMILES string of the molecule is CC(Cc1ccccc1)N(Cc1ccccc1)CC(O)c1ccc(OCc2ccccc2)c(NC=O)c1. The number of nitrogens with zero attached hydrogens (tertiary/aromatic N) is 1. The number of carbonyl (C=O) groups excluding carboxylic acids is 1. The first-order valence-electron chi connectivity index (χ1n) is 12.6. The highest BCUT2D eigenvalue weighted by atomic mass is 16.5. The largest absolute Gasteiger partial charge is 0.487 e. The van der Waals surface area contributed by atoms with Crippen molar-refractivity contribution in [3.63, 3.8) is 0 Å². The number of carbonyl (C=O) groups is 1. The van der Waals surface area contributed by atoms with Gasteiger partial charge < -0.3 is 15.2 Å². The number of hydrogen-bond acceptors (Lipinski definition) is 4. The Balaban J connectivity index is 1.50. The van der Waals surface area contributed by atoms with Crippen molar-refractivity contribution < 1.29 is 14.6 Å². The average Bonchev–Trinajstić information content (AvgIpc) is 2.94. The van der Waals surface area contributed by atoms with Crippen LogP contribution in [0.25, 0.3) is 0 Å². The highest BCUT2D eigenvalue weighted by Gasteiger charge is 2.21. The van der Waals surface area contributed by atoms with Gasteiger partial charge >= 0.3 is 0 Å². The van der Waals surface area contributed by atoms with Gasteiger partial charge in [0.1, 0.15) is 12.4 Å². The van der Waals surface area contributed by atoms with Crippen LogP contribution in [0.4, 0.5) is 5.69 Å². The zero-order chi connectivity index (χ0) is 25.9. The normalized spacial score (nSPS) is 12.6. The van der Waals surface area contributed by atoms with E-state index in [0.29, 0.717) is 31.0 Å². The molecule has 0 saturated carbocycles. The Morgan fingerprint density at radius 3 is 2.05 bits per heavy atom. The molecule has 0 heterocycles. The second-order valence-corrected chi connectivity index (χ2v) is 9.26. The predicted octanol–water partition coefficient (Wildman–Crippen LogP) is 6.00. The van der Waals surface area contributed by atoms with Gasteiger partial charge in [-0.05, 0) is 47.7 Å². The summed E-state index contributed by atoms with van der Waals surface area (Å²) in [5.41, 5.74) is 4.76. The fourth-order valence-corrected chi connectivity index (χ4v) is 4.42. The molecule has 0 aromatic heterocycles. The Labute approximate surface area is 219 Å². The first kappa shape index (κ1) is 26.1. The Morgan fingerprint density at radius 2 is 1.43 bits per heavy atom. The summed E-state index contributed by atoms with van der Waals surface area (Å²) in [6.45, 7) is 3.76. The fourth-order valence-electron chi connectivity index (χ4n) is 4.42. The van der Waals surface area contributed by atoms with Gasteiger partial charge in [0.05, 0.1) is 11.8 Å². The van der Waals surface area contributed by atoms with Crippen molar-refractivity contribution in [3.05, 3.63) is 131 Å². The summed E-state index contributed by atoms with van der Waals surface area (Å²) in [4.78, 5) is 13.6. The first-order chi connectivity index (χ1) is 18.1. The maximum Gasteiger partial charge on any atom is 0.211 e. The molecule has 5 nitrogen and oxygen atoms in total. The van der Waals surface area contributed by atoms with Crippen LogP contribution >= 0.6 is 0 Å². The number of anilines is 1. The van der Waals surface area contributed by atoms with E-state index in [2.05, 4.69) is 53.5 Å². The van der Waals surface area contributed by atoms with Gasteiger partial charge in [-0.3, -0.25) is 9.69 Å². The summed E-state index contributed by atoms with van der Waals surface area (Å²) in [5.74, 6) is 0.561. The summed E-state index contributed by atoms with van der Waals surface area (Å²) < 4.78 is 5.96. The maximum absolute atomic E-state index is 11.3. The molecule has 2 N–H and O–H groups in total. The molecule has 0 aliphatic heterocycles. The van der Waals surface area contributed by atoms with E-state index in [0.717, 1.165) is 24.1 Å². The molecule has 190 valence electrons. The van der Waals surface area contributed by atoms with E-state index in [1.807, 2.05) is 66.7 Å². The molecule has 37 heavy (non-hydrogen) atoms. The Morgan fingerprint density at radius 1 is 0.838 bits per heavy atom. The number of ether oxygens (including phenoxy) is 1. The van der Waals surface area contributed by atoms with Crippen LogP contribution in [0.15, 0.2) is 109 Å². The number of aliphatic hydroxyl groups is 1. The quantitative estimate of drug-likeness (QED) is 0.224. The van der Waals surface area contributed by atoms with Crippen LogP contribution in [0.2, 0.25) is 0 Å². The number of aliphatic hydroxyl groups excluding tert-OH is 1. The molecule has 0 radical (unpaired) electrons. The minimum Gasteiger partial charge on any atom is -0.487 e. The molecule has 0 aliphatic carbocycles. The van der Waals surface area contributed by atoms with Crippen LogP contribution in [-0.2, 0) is 24.4 Å². The number of hydrogen-bond donors (Lipinski definition) is 2. The zero-order valence-electron chi connectivity index (χ0n) is 21.2. The molecular formula is C32H34N2O3. The van der Waals surface area contributed by atoms with Crippen molar-refractivity contribution >= 4 is 12.1 Å². The van der Waals surface area contributed by atoms with Crippen molar-refractivity contribution in [2.75, 3.05) is 11.9 Å². The topological polar surface area (TPSA) is 61.8 Å². The lowest BCUT2D eigenvalue weighted by Crippen LogP contribution is -2.37. The monoisotopic (exact) mass is 494 g/mol. The maximum atomic E-state index is 11.3. The van der Waals surface area contributed by atoms with E-state index >= 15 is 0 Å². The van der Waals surface area contributed by atoms with Crippen LogP contribution in [0, 0.1) is 0 Å². The fraction of sp³-hybridized carbons (Fsp3) is 0.219. The molecule has 0 bridgehead atoms. The molecule has 5 heteroatoms. The van der Waals surface area contributed by atoms with Gasteiger partial charge in [-0.1, -0.05) is 97.1 Å². The minimum atomic E-state index is -0.739. The molecule has 4 rings (SSSR count). The van der Waals surface area contributed by atoms with Crippen molar-refractivity contribution in [1.82, 2.24) is 4.90 Å². The lowest BCUT2D eigenvalue weighted by Gasteiger charge is -2.31.